The molecular formula is C4H5N5S4. The SMILES string of the molecule is Nc1nnsc1S.Sc1csnn1. The van der Waals surface area contributed by atoms with Crippen LogP contribution in [0.15, 0.2) is 14.6 Å². The van der Waals surface area contributed by atoms with Crippen molar-refractivity contribution in [3.63, 3.8) is 0 Å². The number of anilines is 1. The summed E-state index contributed by atoms with van der Waals surface area (Å²) in [5.74, 6) is 0.410. The molecule has 2 aromatic rings. The van der Waals surface area contributed by atoms with Gasteiger partial charge in [0.25, 0.3) is 0 Å². The summed E-state index contributed by atoms with van der Waals surface area (Å²) >= 11 is 10.3. The molecule has 0 bridgehead atoms. The first-order valence-electron chi connectivity index (χ1n) is 2.93. The van der Waals surface area contributed by atoms with E-state index in [1.54, 1.807) is 5.38 Å². The molecular weight excluding hydrogens is 246 g/mol. The molecule has 0 saturated heterocycles. The zero-order valence-corrected chi connectivity index (χ0v) is 9.58. The molecule has 0 aliphatic rings. The predicted octanol–water partition coefficient (Wildman–Crippen LogP) is 1.24. The quantitative estimate of drug-likeness (QED) is 0.614. The molecule has 70 valence electrons. The third-order valence-corrected chi connectivity index (χ3v) is 2.76. The second kappa shape index (κ2) is 5.37. The lowest BCUT2D eigenvalue weighted by Gasteiger charge is -1.74. The van der Waals surface area contributed by atoms with Crippen LogP contribution in [-0.2, 0) is 0 Å². The average molecular weight is 251 g/mol. The minimum atomic E-state index is 0.410. The smallest absolute Gasteiger partial charge is 0.172 e. The summed E-state index contributed by atoms with van der Waals surface area (Å²) in [6, 6.07) is 0. The number of nitrogens with zero attached hydrogens (tertiary/aromatic N) is 4. The molecule has 0 unspecified atom stereocenters. The predicted molar refractivity (Wildman–Crippen MR) is 58.7 cm³/mol. The van der Waals surface area contributed by atoms with Gasteiger partial charge in [-0.05, 0) is 23.1 Å². The third-order valence-electron chi connectivity index (χ3n) is 0.844. The van der Waals surface area contributed by atoms with Crippen molar-refractivity contribution in [2.75, 3.05) is 5.73 Å². The number of nitrogens with two attached hydrogens (primary N) is 1. The summed E-state index contributed by atoms with van der Waals surface area (Å²) in [5, 5.41) is 9.50. The van der Waals surface area contributed by atoms with Gasteiger partial charge in [-0.2, -0.15) is 0 Å². The van der Waals surface area contributed by atoms with E-state index < -0.39 is 0 Å². The number of rotatable bonds is 0. The highest BCUT2D eigenvalue weighted by molar-refractivity contribution is 7.82. The maximum absolute atomic E-state index is 5.20. The first-order chi connectivity index (χ1) is 6.20. The largest absolute Gasteiger partial charge is 0.381 e. The van der Waals surface area contributed by atoms with E-state index in [1.165, 1.54) is 23.1 Å². The molecule has 2 aromatic heterocycles. The van der Waals surface area contributed by atoms with Gasteiger partial charge in [0.05, 0.1) is 0 Å². The Balaban J connectivity index is 0.000000132. The Labute approximate surface area is 93.5 Å². The Hall–Kier alpha value is -0.380. The zero-order chi connectivity index (χ0) is 9.68. The molecule has 0 aromatic carbocycles. The van der Waals surface area contributed by atoms with E-state index >= 15 is 0 Å². The van der Waals surface area contributed by atoms with Crippen molar-refractivity contribution in [1.29, 1.82) is 0 Å². The lowest BCUT2D eigenvalue weighted by molar-refractivity contribution is 1.04. The first kappa shape index (κ1) is 10.7. The highest BCUT2D eigenvalue weighted by atomic mass is 32.2. The molecule has 0 amide bonds. The Morgan fingerprint density at radius 2 is 2.00 bits per heavy atom. The summed E-state index contributed by atoms with van der Waals surface area (Å²) in [4.78, 5) is 0. The van der Waals surface area contributed by atoms with Gasteiger partial charge >= 0.3 is 0 Å². The van der Waals surface area contributed by atoms with Gasteiger partial charge in [0.1, 0.15) is 9.24 Å². The van der Waals surface area contributed by atoms with Crippen molar-refractivity contribution in [3.05, 3.63) is 5.38 Å². The lowest BCUT2D eigenvalue weighted by Crippen LogP contribution is -1.83. The van der Waals surface area contributed by atoms with Crippen LogP contribution in [0.1, 0.15) is 0 Å². The van der Waals surface area contributed by atoms with Gasteiger partial charge in [-0.25, -0.2) is 0 Å². The van der Waals surface area contributed by atoms with Crippen LogP contribution >= 0.6 is 48.3 Å². The minimum Gasteiger partial charge on any atom is -0.381 e. The first-order valence-corrected chi connectivity index (χ1v) is 5.43. The second-order valence-corrected chi connectivity index (χ2v) is 4.30. The molecule has 0 aliphatic carbocycles. The van der Waals surface area contributed by atoms with Crippen molar-refractivity contribution in [3.8, 4) is 0 Å². The maximum Gasteiger partial charge on any atom is 0.172 e. The summed E-state index contributed by atoms with van der Waals surface area (Å²) in [6.45, 7) is 0. The number of nitrogen functional groups attached to an aromatic ring is 1. The van der Waals surface area contributed by atoms with Crippen LogP contribution < -0.4 is 5.73 Å². The molecule has 0 fully saturated rings. The molecule has 9 heteroatoms. The number of thiol groups is 2. The number of hydrogen-bond acceptors (Lipinski definition) is 9. The fourth-order valence-corrected chi connectivity index (χ4v) is 1.42. The molecule has 0 aliphatic heterocycles. The topological polar surface area (TPSA) is 77.6 Å². The fourth-order valence-electron chi connectivity index (χ4n) is 0.352. The molecule has 2 N–H and O–H groups in total. The number of aromatic nitrogens is 4. The van der Waals surface area contributed by atoms with Gasteiger partial charge in [-0.1, -0.05) is 8.98 Å². The van der Waals surface area contributed by atoms with Crippen LogP contribution in [0.2, 0.25) is 0 Å². The summed E-state index contributed by atoms with van der Waals surface area (Å²) in [5.41, 5.74) is 5.20. The van der Waals surface area contributed by atoms with Crippen LogP contribution in [-0.4, -0.2) is 19.2 Å². The monoisotopic (exact) mass is 251 g/mol. The van der Waals surface area contributed by atoms with Crippen LogP contribution in [0.25, 0.3) is 0 Å². The van der Waals surface area contributed by atoms with Crippen LogP contribution in [0.3, 0.4) is 0 Å². The summed E-state index contributed by atoms with van der Waals surface area (Å²) < 4.78 is 7.73. The number of hydrogen-bond donors (Lipinski definition) is 3. The third kappa shape index (κ3) is 3.89. The van der Waals surface area contributed by atoms with Crippen molar-refractivity contribution in [2.24, 2.45) is 0 Å². The van der Waals surface area contributed by atoms with Crippen molar-refractivity contribution in [2.45, 2.75) is 9.24 Å². The molecule has 13 heavy (non-hydrogen) atoms. The summed E-state index contributed by atoms with van der Waals surface area (Å²) in [7, 11) is 0. The lowest BCUT2D eigenvalue weighted by atomic mass is 10.9. The molecule has 2 rings (SSSR count). The summed E-state index contributed by atoms with van der Waals surface area (Å²) in [6.07, 6.45) is 0. The van der Waals surface area contributed by atoms with Crippen molar-refractivity contribution in [1.82, 2.24) is 19.2 Å². The molecule has 0 spiro atoms. The Kier molecular flexibility index (Phi) is 4.42. The van der Waals surface area contributed by atoms with Gasteiger partial charge in [0.15, 0.2) is 5.82 Å². The van der Waals surface area contributed by atoms with E-state index in [4.69, 9.17) is 5.73 Å². The van der Waals surface area contributed by atoms with E-state index in [1.807, 2.05) is 0 Å². The zero-order valence-electron chi connectivity index (χ0n) is 6.15. The van der Waals surface area contributed by atoms with E-state index in [2.05, 4.69) is 44.4 Å². The van der Waals surface area contributed by atoms with Crippen LogP contribution in [0.4, 0.5) is 5.82 Å². The average Bonchev–Trinajstić information content (AvgIpc) is 2.67. The second-order valence-electron chi connectivity index (χ2n) is 1.73. The van der Waals surface area contributed by atoms with Crippen LogP contribution in [0, 0.1) is 0 Å². The van der Waals surface area contributed by atoms with Gasteiger partial charge in [-0.15, -0.1) is 35.5 Å². The minimum absolute atomic E-state index is 0.410. The Morgan fingerprint density at radius 1 is 1.23 bits per heavy atom. The van der Waals surface area contributed by atoms with E-state index in [0.717, 1.165) is 0 Å². The van der Waals surface area contributed by atoms with Gasteiger partial charge in [-0.3, -0.25) is 0 Å². The van der Waals surface area contributed by atoms with E-state index in [0.29, 0.717) is 15.1 Å². The van der Waals surface area contributed by atoms with E-state index in [9.17, 15) is 0 Å². The van der Waals surface area contributed by atoms with Crippen molar-refractivity contribution >= 4 is 54.1 Å². The fraction of sp³-hybridized carbons (Fsp3) is 0. The van der Waals surface area contributed by atoms with Gasteiger partial charge in [0.2, 0.25) is 0 Å². The normalized spacial score (nSPS) is 9.08. The van der Waals surface area contributed by atoms with Gasteiger partial charge in [0, 0.05) is 5.38 Å². The molecule has 0 atom stereocenters. The highest BCUT2D eigenvalue weighted by Crippen LogP contribution is 2.15. The van der Waals surface area contributed by atoms with Gasteiger partial charge < -0.3 is 5.73 Å². The highest BCUT2D eigenvalue weighted by Gasteiger charge is 1.93. The molecule has 0 radical (unpaired) electrons. The van der Waals surface area contributed by atoms with Crippen LogP contribution in [0.5, 0.6) is 0 Å². The standard InChI is InChI=1S/C2H3N3S2.C2H2N2S2/c3-1-2(6)7-5-4-1;5-2-1-6-4-3-2/h6H,3H2;1,5H. The van der Waals surface area contributed by atoms with E-state index in [-0.39, 0.29) is 0 Å². The van der Waals surface area contributed by atoms with Crippen molar-refractivity contribution < 1.29 is 0 Å². The molecule has 0 saturated carbocycles. The maximum atomic E-state index is 5.20. The molecule has 2 heterocycles. The molecule has 5 nitrogen and oxygen atoms in total. The Morgan fingerprint density at radius 3 is 2.15 bits per heavy atom. The Bertz CT molecular complexity index is 327.